The van der Waals surface area contributed by atoms with Crippen molar-refractivity contribution in [1.82, 2.24) is 9.55 Å². The van der Waals surface area contributed by atoms with Crippen LogP contribution < -0.4 is 5.43 Å². The van der Waals surface area contributed by atoms with Gasteiger partial charge in [0.1, 0.15) is 0 Å². The zero-order chi connectivity index (χ0) is 11.5. The number of benzene rings is 1. The molecule has 0 radical (unpaired) electrons. The number of carbonyl (C=O) groups excluding carboxylic acids is 1. The largest absolute Gasteiger partial charge is 0.444 e. The number of nitrogens with zero attached hydrogens (tertiary/aromatic N) is 2. The van der Waals surface area contributed by atoms with Crippen molar-refractivity contribution in [3.63, 3.8) is 0 Å². The van der Waals surface area contributed by atoms with Crippen LogP contribution in [0.25, 0.3) is 11.3 Å². The third-order valence-corrected chi connectivity index (χ3v) is 2.33. The van der Waals surface area contributed by atoms with Crippen LogP contribution in [-0.4, -0.2) is 16.0 Å². The summed E-state index contributed by atoms with van der Waals surface area (Å²) in [6, 6.07) is 4.65. The second kappa shape index (κ2) is 4.14. The lowest BCUT2D eigenvalue weighted by molar-refractivity contribution is -0.136. The fourth-order valence-electron chi connectivity index (χ4n) is 1.54. The van der Waals surface area contributed by atoms with E-state index in [2.05, 4.69) is 4.98 Å². The maximum atomic E-state index is 11.3. The quantitative estimate of drug-likeness (QED) is 0.722. The SMILES string of the molecule is CC(OC=O)n1cncc2ccc(=O)cc1-2. The number of hydrogen-bond donors (Lipinski definition) is 0. The molecular formula is C11H10N2O3. The molecule has 1 unspecified atom stereocenters. The van der Waals surface area contributed by atoms with Crippen LogP contribution in [0.3, 0.4) is 0 Å². The Morgan fingerprint density at radius 2 is 2.31 bits per heavy atom. The second-order valence-corrected chi connectivity index (χ2v) is 3.35. The molecule has 0 amide bonds. The van der Waals surface area contributed by atoms with Crippen molar-refractivity contribution in [2.24, 2.45) is 0 Å². The van der Waals surface area contributed by atoms with Gasteiger partial charge in [-0.05, 0) is 19.1 Å². The molecule has 0 saturated heterocycles. The topological polar surface area (TPSA) is 61.2 Å². The van der Waals surface area contributed by atoms with Crippen molar-refractivity contribution in [2.45, 2.75) is 13.2 Å². The van der Waals surface area contributed by atoms with Gasteiger partial charge in [-0.25, -0.2) is 4.98 Å². The summed E-state index contributed by atoms with van der Waals surface area (Å²) in [4.78, 5) is 25.6. The Bertz CT molecular complexity index is 535. The van der Waals surface area contributed by atoms with E-state index in [0.29, 0.717) is 12.2 Å². The van der Waals surface area contributed by atoms with Crippen LogP contribution in [0.5, 0.6) is 0 Å². The minimum absolute atomic E-state index is 0.0919. The molecule has 1 atom stereocenters. The molecule has 2 rings (SSSR count). The number of carbonyl (C=O) groups is 1. The van der Waals surface area contributed by atoms with Gasteiger partial charge in [-0.1, -0.05) is 0 Å². The van der Waals surface area contributed by atoms with E-state index >= 15 is 0 Å². The molecule has 0 saturated carbocycles. The summed E-state index contributed by atoms with van der Waals surface area (Å²) in [5, 5.41) is 0. The highest BCUT2D eigenvalue weighted by Crippen LogP contribution is 2.21. The van der Waals surface area contributed by atoms with Gasteiger partial charge in [-0.2, -0.15) is 0 Å². The molecule has 0 N–H and O–H groups in total. The first-order valence-electron chi connectivity index (χ1n) is 4.77. The second-order valence-electron chi connectivity index (χ2n) is 3.35. The first kappa shape index (κ1) is 10.4. The lowest BCUT2D eigenvalue weighted by atomic mass is 10.1. The van der Waals surface area contributed by atoms with E-state index in [4.69, 9.17) is 4.74 Å². The summed E-state index contributed by atoms with van der Waals surface area (Å²) in [5.41, 5.74) is 1.42. The summed E-state index contributed by atoms with van der Waals surface area (Å²) in [6.45, 7) is 2.07. The standard InChI is InChI=1S/C11H10N2O3/c1-8(16-7-14)13-6-12-5-9-2-3-10(15)4-11(9)13/h2-8H,1H3. The summed E-state index contributed by atoms with van der Waals surface area (Å²) < 4.78 is 6.45. The van der Waals surface area contributed by atoms with E-state index in [-0.39, 0.29) is 5.43 Å². The number of hydrogen-bond acceptors (Lipinski definition) is 4. The summed E-state index contributed by atoms with van der Waals surface area (Å²) in [6.07, 6.45) is 2.69. The van der Waals surface area contributed by atoms with Gasteiger partial charge < -0.3 is 4.74 Å². The molecule has 0 fully saturated rings. The van der Waals surface area contributed by atoms with Crippen molar-refractivity contribution in [3.05, 3.63) is 40.9 Å². The molecule has 2 aliphatic rings. The van der Waals surface area contributed by atoms with E-state index in [9.17, 15) is 9.59 Å². The monoisotopic (exact) mass is 218 g/mol. The molecule has 16 heavy (non-hydrogen) atoms. The fraction of sp³-hybridized carbons (Fsp3) is 0.182. The van der Waals surface area contributed by atoms with Crippen molar-refractivity contribution in [2.75, 3.05) is 0 Å². The normalized spacial score (nSPS) is 12.3. The summed E-state index contributed by atoms with van der Waals surface area (Å²) in [7, 11) is 0. The van der Waals surface area contributed by atoms with Crippen molar-refractivity contribution in [3.8, 4) is 11.3 Å². The van der Waals surface area contributed by atoms with E-state index in [1.54, 1.807) is 23.8 Å². The molecule has 0 aromatic heterocycles. The van der Waals surface area contributed by atoms with Crippen LogP contribution >= 0.6 is 0 Å². The molecule has 0 spiro atoms. The predicted molar refractivity (Wildman–Crippen MR) is 57.0 cm³/mol. The lowest BCUT2D eigenvalue weighted by Gasteiger charge is -2.18. The van der Waals surface area contributed by atoms with Crippen molar-refractivity contribution >= 4 is 6.47 Å². The van der Waals surface area contributed by atoms with Gasteiger partial charge in [0.25, 0.3) is 6.47 Å². The number of fused-ring (bicyclic) bond motifs is 1. The fourth-order valence-corrected chi connectivity index (χ4v) is 1.54. The van der Waals surface area contributed by atoms with Gasteiger partial charge in [-0.15, -0.1) is 0 Å². The summed E-state index contributed by atoms with van der Waals surface area (Å²) in [5.74, 6) is 0. The van der Waals surface area contributed by atoms with Crippen LogP contribution in [0.15, 0.2) is 35.5 Å². The molecule has 5 nitrogen and oxygen atoms in total. The third kappa shape index (κ3) is 1.79. The third-order valence-electron chi connectivity index (χ3n) is 2.33. The Hall–Kier alpha value is -2.17. The van der Waals surface area contributed by atoms with Gasteiger partial charge in [-0.3, -0.25) is 14.2 Å². The average molecular weight is 218 g/mol. The van der Waals surface area contributed by atoms with E-state index in [0.717, 1.165) is 5.56 Å². The molecule has 1 aliphatic carbocycles. The first-order valence-corrected chi connectivity index (χ1v) is 4.77. The number of ether oxygens (including phenoxy) is 1. The Labute approximate surface area is 91.6 Å². The molecule has 0 bridgehead atoms. The molecule has 1 heterocycles. The van der Waals surface area contributed by atoms with Gasteiger partial charge >= 0.3 is 0 Å². The first-order chi connectivity index (χ1) is 7.72. The smallest absolute Gasteiger partial charge is 0.295 e. The van der Waals surface area contributed by atoms with Crippen molar-refractivity contribution in [1.29, 1.82) is 0 Å². The minimum atomic E-state index is -0.490. The molecule has 5 heteroatoms. The van der Waals surface area contributed by atoms with Crippen LogP contribution in [0, 0.1) is 0 Å². The minimum Gasteiger partial charge on any atom is -0.444 e. The van der Waals surface area contributed by atoms with E-state index < -0.39 is 6.23 Å². The molecular weight excluding hydrogens is 208 g/mol. The molecule has 0 aromatic carbocycles. The highest BCUT2D eigenvalue weighted by atomic mass is 16.5. The molecule has 82 valence electrons. The van der Waals surface area contributed by atoms with Gasteiger partial charge in [0.05, 0.1) is 12.0 Å². The number of rotatable bonds is 3. The average Bonchev–Trinajstić information content (AvgIpc) is 2.28. The molecule has 1 aliphatic heterocycles. The van der Waals surface area contributed by atoms with Crippen LogP contribution in [0.4, 0.5) is 0 Å². The van der Waals surface area contributed by atoms with Gasteiger partial charge in [0.2, 0.25) is 0 Å². The Morgan fingerprint density at radius 3 is 3.06 bits per heavy atom. The maximum Gasteiger partial charge on any atom is 0.295 e. The van der Waals surface area contributed by atoms with Gasteiger partial charge in [0.15, 0.2) is 11.7 Å². The van der Waals surface area contributed by atoms with Crippen LogP contribution in [0.1, 0.15) is 13.2 Å². The highest BCUT2D eigenvalue weighted by Gasteiger charge is 2.11. The van der Waals surface area contributed by atoms with Gasteiger partial charge in [0, 0.05) is 17.8 Å². The molecule has 0 aromatic rings. The van der Waals surface area contributed by atoms with E-state index in [1.165, 1.54) is 18.5 Å². The Balaban J connectivity index is 2.58. The Kier molecular flexibility index (Phi) is 2.68. The highest BCUT2D eigenvalue weighted by molar-refractivity contribution is 5.59. The maximum absolute atomic E-state index is 11.3. The van der Waals surface area contributed by atoms with E-state index in [1.807, 2.05) is 0 Å². The number of aromatic nitrogens is 2. The van der Waals surface area contributed by atoms with Crippen molar-refractivity contribution < 1.29 is 9.53 Å². The van der Waals surface area contributed by atoms with Crippen LogP contribution in [0.2, 0.25) is 0 Å². The van der Waals surface area contributed by atoms with Crippen LogP contribution in [-0.2, 0) is 9.53 Å². The zero-order valence-corrected chi connectivity index (χ0v) is 8.66. The summed E-state index contributed by atoms with van der Waals surface area (Å²) >= 11 is 0. The zero-order valence-electron chi connectivity index (χ0n) is 8.66. The Morgan fingerprint density at radius 1 is 1.50 bits per heavy atom. The predicted octanol–water partition coefficient (Wildman–Crippen LogP) is 1.04. The lowest BCUT2D eigenvalue weighted by Crippen LogP contribution is -2.14.